The molecule has 1 N–H and O–H groups in total. The molecule has 44 heavy (non-hydrogen) atoms. The van der Waals surface area contributed by atoms with Crippen LogP contribution in [0, 0.1) is 5.92 Å². The molecule has 238 valence electrons. The van der Waals surface area contributed by atoms with Gasteiger partial charge in [-0.1, -0.05) is 73.4 Å². The highest BCUT2D eigenvalue weighted by molar-refractivity contribution is 7.92. The molecule has 8 nitrogen and oxygen atoms in total. The lowest BCUT2D eigenvalue weighted by Gasteiger charge is -2.32. The van der Waals surface area contributed by atoms with Crippen LogP contribution >= 0.6 is 23.2 Å². The summed E-state index contributed by atoms with van der Waals surface area (Å²) >= 11 is 12.4. The van der Waals surface area contributed by atoms with E-state index in [0.717, 1.165) is 17.4 Å². The van der Waals surface area contributed by atoms with Gasteiger partial charge in [-0.05, 0) is 66.8 Å². The van der Waals surface area contributed by atoms with E-state index in [4.69, 9.17) is 27.9 Å². The zero-order valence-corrected chi connectivity index (χ0v) is 28.0. The molecule has 0 spiro atoms. The number of rotatable bonds is 16. The summed E-state index contributed by atoms with van der Waals surface area (Å²) in [6, 6.07) is 20.6. The molecule has 3 rings (SSSR count). The van der Waals surface area contributed by atoms with Crippen molar-refractivity contribution in [2.75, 3.05) is 30.3 Å². The molecular formula is C33H41Cl2N3O5S. The van der Waals surface area contributed by atoms with Crippen LogP contribution in [-0.2, 0) is 32.6 Å². The molecule has 2 amide bonds. The fraction of sp³-hybridized carbons (Fsp3) is 0.394. The first kappa shape index (κ1) is 35.2. The summed E-state index contributed by atoms with van der Waals surface area (Å²) in [5.74, 6) is 0.318. The van der Waals surface area contributed by atoms with Crippen molar-refractivity contribution in [2.24, 2.45) is 5.92 Å². The minimum atomic E-state index is -3.63. The molecule has 1 atom stereocenters. The van der Waals surface area contributed by atoms with Crippen LogP contribution < -0.4 is 14.4 Å². The molecular weight excluding hydrogens is 621 g/mol. The average molecular weight is 663 g/mol. The van der Waals surface area contributed by atoms with E-state index >= 15 is 0 Å². The fourth-order valence-corrected chi connectivity index (χ4v) is 5.98. The highest BCUT2D eigenvalue weighted by atomic mass is 35.5. The van der Waals surface area contributed by atoms with Crippen LogP contribution in [0.4, 0.5) is 5.69 Å². The zero-order chi connectivity index (χ0) is 32.3. The molecule has 0 aliphatic heterocycles. The predicted molar refractivity (Wildman–Crippen MR) is 178 cm³/mol. The Labute approximate surface area is 271 Å². The van der Waals surface area contributed by atoms with Crippen molar-refractivity contribution in [2.45, 2.75) is 52.6 Å². The van der Waals surface area contributed by atoms with Gasteiger partial charge in [-0.25, -0.2) is 8.42 Å². The van der Waals surface area contributed by atoms with Crippen LogP contribution in [-0.4, -0.2) is 57.1 Å². The Kier molecular flexibility index (Phi) is 13.4. The van der Waals surface area contributed by atoms with E-state index in [0.29, 0.717) is 41.1 Å². The standard InChI is InChI=1S/C33H41Cl2N3O5S/c1-5-43-28-16-14-27(15-17-28)38(44(4,41)42)19-9-12-32(39)37(23-26-13-18-29(34)30(35)20-26)31(33(40)36-22-24(2)3)21-25-10-7-6-8-11-25/h6-8,10-11,13-18,20,24,31H,5,9,12,19,21-23H2,1-4H3,(H,36,40). The summed E-state index contributed by atoms with van der Waals surface area (Å²) in [6.07, 6.45) is 1.70. The van der Waals surface area contributed by atoms with Gasteiger partial charge in [0.2, 0.25) is 21.8 Å². The number of nitrogens with one attached hydrogen (secondary N) is 1. The normalized spacial score (nSPS) is 12.1. The number of amides is 2. The van der Waals surface area contributed by atoms with Crippen LogP contribution in [0.25, 0.3) is 0 Å². The topological polar surface area (TPSA) is 96.0 Å². The van der Waals surface area contributed by atoms with Crippen molar-refractivity contribution >= 4 is 50.7 Å². The second-order valence-electron chi connectivity index (χ2n) is 11.0. The van der Waals surface area contributed by atoms with Gasteiger partial charge in [-0.15, -0.1) is 0 Å². The second kappa shape index (κ2) is 16.7. The number of ether oxygens (including phenoxy) is 1. The maximum absolute atomic E-state index is 14.0. The van der Waals surface area contributed by atoms with Gasteiger partial charge < -0.3 is 15.0 Å². The van der Waals surface area contributed by atoms with Gasteiger partial charge in [0.15, 0.2) is 0 Å². The average Bonchev–Trinajstić information content (AvgIpc) is 2.98. The lowest BCUT2D eigenvalue weighted by Crippen LogP contribution is -2.51. The van der Waals surface area contributed by atoms with Crippen LogP contribution in [0.5, 0.6) is 5.75 Å². The van der Waals surface area contributed by atoms with Crippen molar-refractivity contribution in [1.29, 1.82) is 0 Å². The third-order valence-electron chi connectivity index (χ3n) is 6.88. The largest absolute Gasteiger partial charge is 0.494 e. The molecule has 0 aliphatic rings. The molecule has 11 heteroatoms. The summed E-state index contributed by atoms with van der Waals surface area (Å²) < 4.78 is 32.2. The number of hydrogen-bond donors (Lipinski definition) is 1. The van der Waals surface area contributed by atoms with Crippen LogP contribution in [0.15, 0.2) is 72.8 Å². The number of anilines is 1. The predicted octanol–water partition coefficient (Wildman–Crippen LogP) is 6.35. The third kappa shape index (κ3) is 10.7. The van der Waals surface area contributed by atoms with E-state index in [1.807, 2.05) is 51.1 Å². The summed E-state index contributed by atoms with van der Waals surface area (Å²) in [5, 5.41) is 3.73. The Morgan fingerprint density at radius 1 is 0.932 bits per heavy atom. The second-order valence-corrected chi connectivity index (χ2v) is 13.7. The van der Waals surface area contributed by atoms with Crippen molar-refractivity contribution < 1.29 is 22.7 Å². The summed E-state index contributed by atoms with van der Waals surface area (Å²) in [5.41, 5.74) is 2.10. The third-order valence-corrected chi connectivity index (χ3v) is 8.81. The molecule has 0 aliphatic carbocycles. The molecule has 0 radical (unpaired) electrons. The summed E-state index contributed by atoms with van der Waals surface area (Å²) in [4.78, 5) is 29.2. The van der Waals surface area contributed by atoms with Crippen LogP contribution in [0.2, 0.25) is 10.0 Å². The number of nitrogens with zero attached hydrogens (tertiary/aromatic N) is 2. The Balaban J connectivity index is 1.88. The number of carbonyl (C=O) groups excluding carboxylic acids is 2. The Morgan fingerprint density at radius 2 is 1.61 bits per heavy atom. The van der Waals surface area contributed by atoms with Crippen molar-refractivity contribution in [3.8, 4) is 5.75 Å². The quantitative estimate of drug-likeness (QED) is 0.193. The zero-order valence-electron chi connectivity index (χ0n) is 25.6. The number of halogens is 2. The lowest BCUT2D eigenvalue weighted by atomic mass is 10.0. The van der Waals surface area contributed by atoms with Gasteiger partial charge in [0.1, 0.15) is 11.8 Å². The summed E-state index contributed by atoms with van der Waals surface area (Å²) in [6.45, 7) is 7.04. The van der Waals surface area contributed by atoms with Gasteiger partial charge in [0.25, 0.3) is 0 Å². The maximum Gasteiger partial charge on any atom is 0.243 e. The highest BCUT2D eigenvalue weighted by Gasteiger charge is 2.30. The molecule has 0 fully saturated rings. The SMILES string of the molecule is CCOc1ccc(N(CCCC(=O)N(Cc2ccc(Cl)c(Cl)c2)C(Cc2ccccc2)C(=O)NCC(C)C)S(C)(=O)=O)cc1. The molecule has 0 heterocycles. The minimum Gasteiger partial charge on any atom is -0.494 e. The van der Waals surface area contributed by atoms with Gasteiger partial charge in [0, 0.05) is 32.5 Å². The Hall–Kier alpha value is -3.27. The van der Waals surface area contributed by atoms with Crippen LogP contribution in [0.1, 0.15) is 44.7 Å². The van der Waals surface area contributed by atoms with E-state index in [1.54, 1.807) is 47.4 Å². The van der Waals surface area contributed by atoms with Gasteiger partial charge in [-0.3, -0.25) is 13.9 Å². The van der Waals surface area contributed by atoms with E-state index in [2.05, 4.69) is 5.32 Å². The van der Waals surface area contributed by atoms with Gasteiger partial charge in [0.05, 0.1) is 28.6 Å². The minimum absolute atomic E-state index is 0.0210. The van der Waals surface area contributed by atoms with E-state index < -0.39 is 16.1 Å². The van der Waals surface area contributed by atoms with E-state index in [1.165, 1.54) is 4.31 Å². The Morgan fingerprint density at radius 3 is 2.20 bits per heavy atom. The number of sulfonamides is 1. The smallest absolute Gasteiger partial charge is 0.243 e. The maximum atomic E-state index is 14.0. The van der Waals surface area contributed by atoms with Gasteiger partial charge >= 0.3 is 0 Å². The van der Waals surface area contributed by atoms with E-state index in [9.17, 15) is 18.0 Å². The first-order valence-electron chi connectivity index (χ1n) is 14.6. The lowest BCUT2D eigenvalue weighted by molar-refractivity contribution is -0.141. The van der Waals surface area contributed by atoms with Crippen LogP contribution in [0.3, 0.4) is 0 Å². The molecule has 0 saturated heterocycles. The molecule has 3 aromatic carbocycles. The molecule has 0 bridgehead atoms. The van der Waals surface area contributed by atoms with Gasteiger partial charge in [-0.2, -0.15) is 0 Å². The van der Waals surface area contributed by atoms with Crippen molar-refractivity contribution in [1.82, 2.24) is 10.2 Å². The highest BCUT2D eigenvalue weighted by Crippen LogP contribution is 2.26. The summed E-state index contributed by atoms with van der Waals surface area (Å²) in [7, 11) is -3.63. The molecule has 1 unspecified atom stereocenters. The Bertz CT molecular complexity index is 1490. The fourth-order valence-electron chi connectivity index (χ4n) is 4.69. The monoisotopic (exact) mass is 661 g/mol. The van der Waals surface area contributed by atoms with Crippen molar-refractivity contribution in [3.63, 3.8) is 0 Å². The number of hydrogen-bond acceptors (Lipinski definition) is 5. The number of carbonyl (C=O) groups is 2. The first-order valence-corrected chi connectivity index (χ1v) is 17.2. The molecule has 3 aromatic rings. The van der Waals surface area contributed by atoms with E-state index in [-0.39, 0.29) is 43.7 Å². The first-order chi connectivity index (χ1) is 20.9. The number of benzene rings is 3. The molecule has 0 saturated carbocycles. The molecule has 0 aromatic heterocycles. The van der Waals surface area contributed by atoms with Crippen molar-refractivity contribution in [3.05, 3.63) is 94.0 Å².